The molecule has 0 fully saturated rings. The van der Waals surface area contributed by atoms with E-state index < -0.39 is 6.10 Å². The molecule has 0 amide bonds. The Morgan fingerprint density at radius 1 is 0.250 bits per heavy atom. The van der Waals surface area contributed by atoms with Crippen LogP contribution in [0.1, 0.15) is 387 Å². The van der Waals surface area contributed by atoms with Crippen LogP contribution in [-0.4, -0.2) is 37.2 Å². The first-order chi connectivity index (χ1) is 39.5. The maximum atomic E-state index is 12.9. The summed E-state index contributed by atoms with van der Waals surface area (Å²) < 4.78 is 16.9. The minimum Gasteiger partial charge on any atom is -0.462 e. The van der Waals surface area contributed by atoms with Crippen LogP contribution in [0.3, 0.4) is 0 Å². The third-order valence-corrected chi connectivity index (χ3v) is 16.0. The van der Waals surface area contributed by atoms with E-state index >= 15 is 0 Å². The van der Waals surface area contributed by atoms with Gasteiger partial charge in [0.25, 0.3) is 0 Å². The largest absolute Gasteiger partial charge is 0.462 e. The summed E-state index contributed by atoms with van der Waals surface area (Å²) in [5.74, 6) is -0.871. The van der Waals surface area contributed by atoms with Gasteiger partial charge in [0.2, 0.25) is 0 Å². The monoisotopic (exact) mass is 1120 g/mol. The van der Waals surface area contributed by atoms with Gasteiger partial charge in [0.1, 0.15) is 13.2 Å². The lowest BCUT2D eigenvalue weighted by atomic mass is 10.0. The van der Waals surface area contributed by atoms with Crippen molar-refractivity contribution in [3.8, 4) is 0 Å². The number of hydrogen-bond acceptors (Lipinski definition) is 6. The molecule has 0 aromatic heterocycles. The van der Waals surface area contributed by atoms with Gasteiger partial charge in [-0.3, -0.25) is 14.4 Å². The van der Waals surface area contributed by atoms with E-state index in [0.29, 0.717) is 19.3 Å². The molecule has 0 aliphatic carbocycles. The highest BCUT2D eigenvalue weighted by Gasteiger charge is 2.19. The molecule has 6 nitrogen and oxygen atoms in total. The Morgan fingerprint density at radius 2 is 0.450 bits per heavy atom. The van der Waals surface area contributed by atoms with Gasteiger partial charge in [-0.2, -0.15) is 0 Å². The predicted octanol–water partition coefficient (Wildman–Crippen LogP) is 24.5. The Labute approximate surface area is 498 Å². The van der Waals surface area contributed by atoms with Crippen LogP contribution in [0.5, 0.6) is 0 Å². The molecule has 0 heterocycles. The lowest BCUT2D eigenvalue weighted by Crippen LogP contribution is -2.30. The van der Waals surface area contributed by atoms with E-state index in [1.165, 1.54) is 270 Å². The van der Waals surface area contributed by atoms with Gasteiger partial charge in [-0.05, 0) is 103 Å². The molecule has 0 bridgehead atoms. The summed E-state index contributed by atoms with van der Waals surface area (Å²) in [4.78, 5) is 38.3. The molecule has 0 aromatic rings. The van der Waals surface area contributed by atoms with Crippen LogP contribution < -0.4 is 0 Å². The maximum Gasteiger partial charge on any atom is 0.306 e. The van der Waals surface area contributed by atoms with Crippen LogP contribution in [0.15, 0.2) is 48.6 Å². The Kier molecular flexibility index (Phi) is 66.6. The van der Waals surface area contributed by atoms with Crippen molar-refractivity contribution < 1.29 is 28.6 Å². The lowest BCUT2D eigenvalue weighted by Gasteiger charge is -2.18. The average Bonchev–Trinajstić information content (AvgIpc) is 3.46. The maximum absolute atomic E-state index is 12.9. The molecule has 0 radical (unpaired) electrons. The van der Waals surface area contributed by atoms with Crippen molar-refractivity contribution >= 4 is 17.9 Å². The second-order valence-corrected chi connectivity index (χ2v) is 24.1. The number of ether oxygens (including phenoxy) is 3. The van der Waals surface area contributed by atoms with Crippen molar-refractivity contribution in [1.29, 1.82) is 0 Å². The van der Waals surface area contributed by atoms with Gasteiger partial charge >= 0.3 is 17.9 Å². The molecule has 1 unspecified atom stereocenters. The van der Waals surface area contributed by atoms with Gasteiger partial charge in [0, 0.05) is 19.3 Å². The summed E-state index contributed by atoms with van der Waals surface area (Å²) >= 11 is 0. The van der Waals surface area contributed by atoms with Crippen molar-refractivity contribution in [3.63, 3.8) is 0 Å². The van der Waals surface area contributed by atoms with E-state index in [4.69, 9.17) is 14.2 Å². The fourth-order valence-corrected chi connectivity index (χ4v) is 10.6. The van der Waals surface area contributed by atoms with Crippen LogP contribution in [0.4, 0.5) is 0 Å². The summed E-state index contributed by atoms with van der Waals surface area (Å²) in [6, 6.07) is 0. The second-order valence-electron chi connectivity index (χ2n) is 24.1. The van der Waals surface area contributed by atoms with Crippen LogP contribution in [0.25, 0.3) is 0 Å². The Bertz CT molecular complexity index is 1380. The van der Waals surface area contributed by atoms with Gasteiger partial charge in [-0.25, -0.2) is 0 Å². The standard InChI is InChI=1S/C74H136O6/c1-4-7-10-13-16-19-22-25-27-29-30-31-32-33-34-35-36-37-38-39-40-41-42-43-44-46-47-49-52-55-58-61-64-67-73(76)79-70-71(69-78-72(75)66-63-60-57-54-51-24-21-18-15-12-9-6-3)80-74(77)68-65-62-59-56-53-50-48-45-28-26-23-20-17-14-11-8-5-2/h17-18,20-21,26,28-30,71H,4-16,19,22-25,27,31-70H2,1-3H3/b20-17-,21-18-,28-26-,30-29-. The van der Waals surface area contributed by atoms with E-state index in [1.54, 1.807) is 0 Å². The first-order valence-electron chi connectivity index (χ1n) is 35.6. The van der Waals surface area contributed by atoms with E-state index in [0.717, 1.165) is 77.0 Å². The molecule has 80 heavy (non-hydrogen) atoms. The Balaban J connectivity index is 4.10. The highest BCUT2D eigenvalue weighted by Crippen LogP contribution is 2.18. The number of carbonyl (C=O) groups is 3. The fraction of sp³-hybridized carbons (Fsp3) is 0.851. The predicted molar refractivity (Wildman–Crippen MR) is 349 cm³/mol. The SMILES string of the molecule is CCCCC/C=C\C/C=C\CCCCCCCCCC(=O)OC(COC(=O)CCCCCCC/C=C\CCCCC)COC(=O)CCCCCCCCCCCCCCCCCCCCCCC/C=C\CCCCCCCCCC. The molecule has 0 N–H and O–H groups in total. The van der Waals surface area contributed by atoms with Crippen molar-refractivity contribution in [2.45, 2.75) is 393 Å². The summed E-state index contributed by atoms with van der Waals surface area (Å²) in [7, 11) is 0. The van der Waals surface area contributed by atoms with Gasteiger partial charge in [-0.15, -0.1) is 0 Å². The zero-order valence-corrected chi connectivity index (χ0v) is 53.9. The minimum atomic E-state index is -0.780. The highest BCUT2D eigenvalue weighted by atomic mass is 16.6. The molecule has 0 saturated carbocycles. The van der Waals surface area contributed by atoms with Gasteiger partial charge in [-0.1, -0.05) is 313 Å². The van der Waals surface area contributed by atoms with Crippen LogP contribution in [0, 0.1) is 0 Å². The smallest absolute Gasteiger partial charge is 0.306 e. The Morgan fingerprint density at radius 3 is 0.725 bits per heavy atom. The zero-order chi connectivity index (χ0) is 57.8. The van der Waals surface area contributed by atoms with E-state index in [2.05, 4.69) is 69.4 Å². The number of carbonyl (C=O) groups excluding carboxylic acids is 3. The van der Waals surface area contributed by atoms with Crippen LogP contribution >= 0.6 is 0 Å². The molecule has 468 valence electrons. The Hall–Kier alpha value is -2.63. The molecule has 0 aliphatic rings. The molecule has 0 aliphatic heterocycles. The third kappa shape index (κ3) is 66.2. The number of allylic oxidation sites excluding steroid dienone is 8. The first kappa shape index (κ1) is 77.4. The lowest BCUT2D eigenvalue weighted by molar-refractivity contribution is -0.167. The van der Waals surface area contributed by atoms with Gasteiger partial charge < -0.3 is 14.2 Å². The zero-order valence-electron chi connectivity index (χ0n) is 53.9. The summed E-state index contributed by atoms with van der Waals surface area (Å²) in [5.41, 5.74) is 0. The number of unbranched alkanes of at least 4 members (excludes halogenated alkanes) is 47. The molecule has 0 saturated heterocycles. The molecule has 1 atom stereocenters. The number of rotatable bonds is 66. The molecular formula is C74H136O6. The third-order valence-electron chi connectivity index (χ3n) is 16.0. The fourth-order valence-electron chi connectivity index (χ4n) is 10.6. The molecule has 0 rings (SSSR count). The normalized spacial score (nSPS) is 12.3. The molecule has 0 aromatic carbocycles. The highest BCUT2D eigenvalue weighted by molar-refractivity contribution is 5.71. The van der Waals surface area contributed by atoms with E-state index in [9.17, 15) is 14.4 Å². The topological polar surface area (TPSA) is 78.9 Å². The summed E-state index contributed by atoms with van der Waals surface area (Å²) in [6.45, 7) is 6.63. The molecule has 0 spiro atoms. The van der Waals surface area contributed by atoms with Crippen molar-refractivity contribution in [1.82, 2.24) is 0 Å². The van der Waals surface area contributed by atoms with Crippen LogP contribution in [-0.2, 0) is 28.6 Å². The summed E-state index contributed by atoms with van der Waals surface area (Å²) in [5, 5.41) is 0. The van der Waals surface area contributed by atoms with E-state index in [1.807, 2.05) is 0 Å². The average molecular weight is 1120 g/mol. The molecular weight excluding hydrogens is 985 g/mol. The van der Waals surface area contributed by atoms with Crippen molar-refractivity contribution in [3.05, 3.63) is 48.6 Å². The van der Waals surface area contributed by atoms with Crippen LogP contribution in [0.2, 0.25) is 0 Å². The minimum absolute atomic E-state index is 0.0752. The summed E-state index contributed by atoms with van der Waals surface area (Å²) in [6.07, 6.45) is 87.3. The first-order valence-corrected chi connectivity index (χ1v) is 35.6. The van der Waals surface area contributed by atoms with Gasteiger partial charge in [0.05, 0.1) is 0 Å². The van der Waals surface area contributed by atoms with Crippen molar-refractivity contribution in [2.75, 3.05) is 13.2 Å². The number of esters is 3. The van der Waals surface area contributed by atoms with Crippen molar-refractivity contribution in [2.24, 2.45) is 0 Å². The second kappa shape index (κ2) is 68.9. The quantitative estimate of drug-likeness (QED) is 0.0261. The van der Waals surface area contributed by atoms with Gasteiger partial charge in [0.15, 0.2) is 6.10 Å². The van der Waals surface area contributed by atoms with E-state index in [-0.39, 0.29) is 31.1 Å². The number of hydrogen-bond donors (Lipinski definition) is 0. The molecule has 6 heteroatoms.